The molecule has 20 heavy (non-hydrogen) atoms. The minimum absolute atomic E-state index is 0.168. The van der Waals surface area contributed by atoms with Crippen LogP contribution in [0.1, 0.15) is 28.7 Å². The number of carbonyl (C=O) groups is 2. The Morgan fingerprint density at radius 2 is 1.75 bits per heavy atom. The molecule has 0 aliphatic heterocycles. The van der Waals surface area contributed by atoms with Crippen molar-refractivity contribution in [3.63, 3.8) is 0 Å². The van der Waals surface area contributed by atoms with Crippen molar-refractivity contribution in [2.24, 2.45) is 0 Å². The molecule has 1 aromatic rings. The standard InChI is InChI=1S/C15H14O5/c1-20-15-11-7-9(2-4-13(16)17)6-10(8-11)12(15)3-5-14(18)19/h2-8,12,15H,1H3,(H,16,17)(H,18,19)/b4-2+,5-3+. The van der Waals surface area contributed by atoms with Crippen molar-refractivity contribution in [2.75, 3.05) is 7.11 Å². The lowest BCUT2D eigenvalue weighted by Crippen LogP contribution is -2.05. The molecule has 2 bridgehead atoms. The minimum Gasteiger partial charge on any atom is -0.478 e. The van der Waals surface area contributed by atoms with E-state index < -0.39 is 11.9 Å². The third-order valence-corrected chi connectivity index (χ3v) is 3.16. The van der Waals surface area contributed by atoms with E-state index in [2.05, 4.69) is 0 Å². The maximum atomic E-state index is 10.6. The molecule has 1 aliphatic carbocycles. The fraction of sp³-hybridized carbons (Fsp3) is 0.200. The molecule has 0 saturated carbocycles. The summed E-state index contributed by atoms with van der Waals surface area (Å²) < 4.78 is 5.41. The Morgan fingerprint density at radius 3 is 2.35 bits per heavy atom. The number of aliphatic carboxylic acids is 2. The molecule has 0 amide bonds. The third-order valence-electron chi connectivity index (χ3n) is 3.16. The summed E-state index contributed by atoms with van der Waals surface area (Å²) in [6, 6.07) is 5.60. The number of fused-ring (bicyclic) bond motifs is 2. The number of carboxylic acid groups (broad SMARTS) is 2. The van der Waals surface area contributed by atoms with Gasteiger partial charge in [0.1, 0.15) is 0 Å². The van der Waals surface area contributed by atoms with Crippen LogP contribution < -0.4 is 0 Å². The molecule has 5 heteroatoms. The van der Waals surface area contributed by atoms with Gasteiger partial charge in [-0.05, 0) is 28.8 Å². The Hall–Kier alpha value is -2.40. The lowest BCUT2D eigenvalue weighted by molar-refractivity contribution is -0.132. The summed E-state index contributed by atoms with van der Waals surface area (Å²) in [6.07, 6.45) is 5.01. The highest BCUT2D eigenvalue weighted by atomic mass is 16.5. The topological polar surface area (TPSA) is 83.8 Å². The highest BCUT2D eigenvalue weighted by molar-refractivity contribution is 5.85. The van der Waals surface area contributed by atoms with Crippen LogP contribution in [-0.2, 0) is 14.3 Å². The van der Waals surface area contributed by atoms with Crippen molar-refractivity contribution in [1.82, 2.24) is 0 Å². The average Bonchev–Trinajstić information content (AvgIpc) is 2.64. The Bertz CT molecular complexity index is 600. The summed E-state index contributed by atoms with van der Waals surface area (Å²) in [5.41, 5.74) is 2.58. The molecule has 2 unspecified atom stereocenters. The van der Waals surface area contributed by atoms with Crippen LogP contribution in [0.5, 0.6) is 0 Å². The van der Waals surface area contributed by atoms with Crippen LogP contribution in [0, 0.1) is 0 Å². The van der Waals surface area contributed by atoms with Crippen molar-refractivity contribution in [1.29, 1.82) is 0 Å². The SMILES string of the molecule is COC1c2cc(/C=C/C(=O)O)cc(c2)C1/C=C/C(=O)O. The second-order valence-electron chi connectivity index (χ2n) is 4.48. The normalized spacial score (nSPS) is 20.9. The number of methoxy groups -OCH3 is 1. The van der Waals surface area contributed by atoms with E-state index in [0.29, 0.717) is 0 Å². The van der Waals surface area contributed by atoms with Crippen LogP contribution in [-0.4, -0.2) is 29.3 Å². The van der Waals surface area contributed by atoms with Gasteiger partial charge in [0.05, 0.1) is 6.10 Å². The number of benzene rings is 1. The molecule has 1 aliphatic rings. The monoisotopic (exact) mass is 274 g/mol. The Balaban J connectivity index is 2.33. The fourth-order valence-corrected chi connectivity index (χ4v) is 2.39. The smallest absolute Gasteiger partial charge is 0.328 e. The molecular formula is C15H14O5. The predicted octanol–water partition coefficient (Wildman–Crippen LogP) is 2.21. The van der Waals surface area contributed by atoms with E-state index in [1.165, 1.54) is 6.08 Å². The van der Waals surface area contributed by atoms with E-state index in [9.17, 15) is 9.59 Å². The molecule has 0 spiro atoms. The average molecular weight is 274 g/mol. The quantitative estimate of drug-likeness (QED) is 0.804. The largest absolute Gasteiger partial charge is 0.478 e. The maximum absolute atomic E-state index is 10.6. The van der Waals surface area contributed by atoms with Crippen LogP contribution >= 0.6 is 0 Å². The second kappa shape index (κ2) is 5.71. The summed E-state index contributed by atoms with van der Waals surface area (Å²) in [6.45, 7) is 0. The number of hydrogen-bond donors (Lipinski definition) is 2. The molecule has 1 aromatic carbocycles. The zero-order valence-electron chi connectivity index (χ0n) is 10.8. The van der Waals surface area contributed by atoms with E-state index in [1.807, 2.05) is 18.2 Å². The summed E-state index contributed by atoms with van der Waals surface area (Å²) in [5, 5.41) is 17.4. The molecule has 0 heterocycles. The van der Waals surface area contributed by atoms with Gasteiger partial charge in [-0.3, -0.25) is 0 Å². The van der Waals surface area contributed by atoms with Crippen LogP contribution in [0.4, 0.5) is 0 Å². The van der Waals surface area contributed by atoms with Crippen LogP contribution in [0.15, 0.2) is 36.4 Å². The van der Waals surface area contributed by atoms with Crippen LogP contribution in [0.25, 0.3) is 6.08 Å². The Kier molecular flexibility index (Phi) is 4.00. The lowest BCUT2D eigenvalue weighted by atomic mass is 10.00. The highest BCUT2D eigenvalue weighted by Crippen LogP contribution is 2.42. The first-order valence-electron chi connectivity index (χ1n) is 6.01. The van der Waals surface area contributed by atoms with Crippen molar-refractivity contribution in [2.45, 2.75) is 12.0 Å². The van der Waals surface area contributed by atoms with Gasteiger partial charge in [0.15, 0.2) is 0 Å². The van der Waals surface area contributed by atoms with E-state index in [-0.39, 0.29) is 12.0 Å². The lowest BCUT2D eigenvalue weighted by Gasteiger charge is -2.15. The number of rotatable bonds is 5. The van der Waals surface area contributed by atoms with Crippen molar-refractivity contribution < 1.29 is 24.5 Å². The molecule has 0 radical (unpaired) electrons. The molecule has 2 rings (SSSR count). The van der Waals surface area contributed by atoms with Gasteiger partial charge in [-0.1, -0.05) is 18.2 Å². The van der Waals surface area contributed by atoms with E-state index in [0.717, 1.165) is 28.8 Å². The van der Waals surface area contributed by atoms with Crippen molar-refractivity contribution in [3.05, 3.63) is 53.1 Å². The minimum atomic E-state index is -1.01. The number of hydrogen-bond acceptors (Lipinski definition) is 3. The van der Waals surface area contributed by atoms with E-state index in [1.54, 1.807) is 13.2 Å². The van der Waals surface area contributed by atoms with Crippen molar-refractivity contribution >= 4 is 18.0 Å². The first-order chi connectivity index (χ1) is 9.51. The zero-order chi connectivity index (χ0) is 14.7. The number of ether oxygens (including phenoxy) is 1. The summed E-state index contributed by atoms with van der Waals surface area (Å²) >= 11 is 0. The Labute approximate surface area is 115 Å². The molecule has 0 fully saturated rings. The molecule has 0 aromatic heterocycles. The molecule has 5 nitrogen and oxygen atoms in total. The van der Waals surface area contributed by atoms with Crippen LogP contribution in [0.3, 0.4) is 0 Å². The van der Waals surface area contributed by atoms with Crippen LogP contribution in [0.2, 0.25) is 0 Å². The van der Waals surface area contributed by atoms with Gasteiger partial charge in [-0.25, -0.2) is 9.59 Å². The first-order valence-corrected chi connectivity index (χ1v) is 6.01. The van der Waals surface area contributed by atoms with Gasteiger partial charge in [0, 0.05) is 25.2 Å². The molecule has 0 saturated heterocycles. The molecular weight excluding hydrogens is 260 g/mol. The fourth-order valence-electron chi connectivity index (χ4n) is 2.39. The highest BCUT2D eigenvalue weighted by Gasteiger charge is 2.30. The van der Waals surface area contributed by atoms with Gasteiger partial charge < -0.3 is 14.9 Å². The third kappa shape index (κ3) is 2.95. The second-order valence-corrected chi connectivity index (χ2v) is 4.48. The van der Waals surface area contributed by atoms with Gasteiger partial charge in [-0.2, -0.15) is 0 Å². The van der Waals surface area contributed by atoms with Gasteiger partial charge >= 0.3 is 11.9 Å². The number of carboxylic acids is 2. The molecule has 2 atom stereocenters. The van der Waals surface area contributed by atoms with E-state index >= 15 is 0 Å². The van der Waals surface area contributed by atoms with Gasteiger partial charge in [-0.15, -0.1) is 0 Å². The summed E-state index contributed by atoms with van der Waals surface area (Å²) in [7, 11) is 1.56. The maximum Gasteiger partial charge on any atom is 0.328 e. The van der Waals surface area contributed by atoms with Crippen molar-refractivity contribution in [3.8, 4) is 0 Å². The summed E-state index contributed by atoms with van der Waals surface area (Å²) in [4.78, 5) is 21.2. The first kappa shape index (κ1) is 14.0. The van der Waals surface area contributed by atoms with E-state index in [4.69, 9.17) is 14.9 Å². The Morgan fingerprint density at radius 1 is 1.10 bits per heavy atom. The zero-order valence-corrected chi connectivity index (χ0v) is 10.8. The summed E-state index contributed by atoms with van der Waals surface area (Å²) in [5.74, 6) is -2.19. The molecule has 104 valence electrons. The van der Waals surface area contributed by atoms with Gasteiger partial charge in [0.2, 0.25) is 0 Å². The molecule has 2 N–H and O–H groups in total. The predicted molar refractivity (Wildman–Crippen MR) is 72.4 cm³/mol. The van der Waals surface area contributed by atoms with Gasteiger partial charge in [0.25, 0.3) is 0 Å².